The number of anilines is 1. The average Bonchev–Trinajstić information content (AvgIpc) is 2.43. The molecule has 0 heterocycles. The summed E-state index contributed by atoms with van der Waals surface area (Å²) < 4.78 is 36.5. The average molecular weight is 330 g/mol. The first-order valence-corrected chi connectivity index (χ1v) is 7.25. The lowest BCUT2D eigenvalue weighted by Crippen LogP contribution is -2.38. The van der Waals surface area contributed by atoms with E-state index in [0.29, 0.717) is 18.2 Å². The number of guanidine groups is 1. The summed E-state index contributed by atoms with van der Waals surface area (Å²) in [6.07, 6.45) is -5.12. The molecule has 0 aliphatic carbocycles. The van der Waals surface area contributed by atoms with Crippen LogP contribution in [-0.2, 0) is 11.3 Å². The Kier molecular flexibility index (Phi) is 7.37. The third-order valence-electron chi connectivity index (χ3n) is 2.71. The molecule has 23 heavy (non-hydrogen) atoms. The molecule has 0 saturated carbocycles. The fraction of sp³-hybridized carbons (Fsp3) is 0.467. The van der Waals surface area contributed by atoms with E-state index in [1.54, 1.807) is 18.2 Å². The number of amides is 1. The summed E-state index contributed by atoms with van der Waals surface area (Å²) in [5.41, 5.74) is 1.49. The number of nitrogens with one attached hydrogen (secondary N) is 3. The maximum Gasteiger partial charge on any atom is 0.390 e. The van der Waals surface area contributed by atoms with Gasteiger partial charge >= 0.3 is 6.18 Å². The quantitative estimate of drug-likeness (QED) is 0.555. The highest BCUT2D eigenvalue weighted by Gasteiger charge is 2.26. The minimum absolute atomic E-state index is 0.173. The van der Waals surface area contributed by atoms with Crippen molar-refractivity contribution in [1.29, 1.82) is 0 Å². The van der Waals surface area contributed by atoms with Gasteiger partial charge in [0.1, 0.15) is 0 Å². The minimum atomic E-state index is -4.20. The molecule has 3 N–H and O–H groups in total. The molecule has 0 atom stereocenters. The summed E-state index contributed by atoms with van der Waals surface area (Å²) >= 11 is 0. The second-order valence-electron chi connectivity index (χ2n) is 4.87. The van der Waals surface area contributed by atoms with Crippen LogP contribution in [0, 0.1) is 0 Å². The maximum atomic E-state index is 12.2. The van der Waals surface area contributed by atoms with Crippen molar-refractivity contribution in [3.05, 3.63) is 29.8 Å². The predicted octanol–water partition coefficient (Wildman–Crippen LogP) is 2.65. The number of carbonyl (C=O) groups is 1. The summed E-state index contributed by atoms with van der Waals surface area (Å²) in [5.74, 6) is 0.148. The summed E-state index contributed by atoms with van der Waals surface area (Å²) in [7, 11) is 0. The van der Waals surface area contributed by atoms with Gasteiger partial charge in [0.2, 0.25) is 5.91 Å². The van der Waals surface area contributed by atoms with Crippen LogP contribution in [0.1, 0.15) is 25.8 Å². The molecule has 128 valence electrons. The Morgan fingerprint density at radius 3 is 2.61 bits per heavy atom. The molecule has 0 radical (unpaired) electrons. The first kappa shape index (κ1) is 18.8. The van der Waals surface area contributed by atoms with Crippen molar-refractivity contribution >= 4 is 17.6 Å². The SMILES string of the molecule is CCNC(=NCc1cccc(NC(C)=O)c1)NCCC(F)(F)F. The first-order chi connectivity index (χ1) is 10.8. The summed E-state index contributed by atoms with van der Waals surface area (Å²) in [5, 5.41) is 8.20. The summed E-state index contributed by atoms with van der Waals surface area (Å²) in [4.78, 5) is 15.3. The van der Waals surface area contributed by atoms with Gasteiger partial charge in [0.25, 0.3) is 0 Å². The summed E-state index contributed by atoms with van der Waals surface area (Å²) in [6.45, 7) is 3.84. The number of alkyl halides is 3. The van der Waals surface area contributed by atoms with Gasteiger partial charge in [-0.15, -0.1) is 0 Å². The van der Waals surface area contributed by atoms with Gasteiger partial charge in [-0.25, -0.2) is 4.99 Å². The molecule has 8 heteroatoms. The molecule has 5 nitrogen and oxygen atoms in total. The molecular formula is C15H21F3N4O. The third-order valence-corrected chi connectivity index (χ3v) is 2.71. The molecule has 0 unspecified atom stereocenters. The Hall–Kier alpha value is -2.25. The standard InChI is InChI=1S/C15H21F3N4O/c1-3-19-14(20-8-7-15(16,17)18)21-10-12-5-4-6-13(9-12)22-11(2)23/h4-6,9H,3,7-8,10H2,1-2H3,(H,22,23)(H2,19,20,21). The Morgan fingerprint density at radius 1 is 1.26 bits per heavy atom. The van der Waals surface area contributed by atoms with E-state index < -0.39 is 12.6 Å². The first-order valence-electron chi connectivity index (χ1n) is 7.25. The van der Waals surface area contributed by atoms with Gasteiger partial charge < -0.3 is 16.0 Å². The summed E-state index contributed by atoms with van der Waals surface area (Å²) in [6, 6.07) is 7.12. The number of aliphatic imine (C=N–C) groups is 1. The van der Waals surface area contributed by atoms with Crippen LogP contribution < -0.4 is 16.0 Å². The molecule has 1 aromatic carbocycles. The van der Waals surface area contributed by atoms with Crippen LogP contribution in [0.5, 0.6) is 0 Å². The van der Waals surface area contributed by atoms with Gasteiger partial charge in [-0.3, -0.25) is 4.79 Å². The van der Waals surface area contributed by atoms with E-state index >= 15 is 0 Å². The molecule has 0 aliphatic rings. The van der Waals surface area contributed by atoms with Crippen LogP contribution in [0.4, 0.5) is 18.9 Å². The lowest BCUT2D eigenvalue weighted by Gasteiger charge is -2.12. The van der Waals surface area contributed by atoms with Crippen LogP contribution >= 0.6 is 0 Å². The van der Waals surface area contributed by atoms with E-state index in [4.69, 9.17) is 0 Å². The van der Waals surface area contributed by atoms with E-state index in [9.17, 15) is 18.0 Å². The normalized spacial score (nSPS) is 12.0. The van der Waals surface area contributed by atoms with Crippen molar-refractivity contribution < 1.29 is 18.0 Å². The Morgan fingerprint density at radius 2 is 2.00 bits per heavy atom. The highest BCUT2D eigenvalue weighted by atomic mass is 19.4. The fourth-order valence-corrected chi connectivity index (χ4v) is 1.79. The number of nitrogens with zero attached hydrogens (tertiary/aromatic N) is 1. The number of halogens is 3. The van der Waals surface area contributed by atoms with E-state index in [2.05, 4.69) is 20.9 Å². The van der Waals surface area contributed by atoms with Crippen LogP contribution in [0.3, 0.4) is 0 Å². The molecule has 0 fully saturated rings. The van der Waals surface area contributed by atoms with E-state index in [1.807, 2.05) is 13.0 Å². The van der Waals surface area contributed by atoms with Crippen molar-refractivity contribution in [2.45, 2.75) is 33.0 Å². The third kappa shape index (κ3) is 8.70. The molecule has 0 saturated heterocycles. The smallest absolute Gasteiger partial charge is 0.357 e. The molecule has 1 amide bonds. The lowest BCUT2D eigenvalue weighted by molar-refractivity contribution is -0.132. The van der Waals surface area contributed by atoms with Gasteiger partial charge in [-0.1, -0.05) is 12.1 Å². The number of hydrogen-bond acceptors (Lipinski definition) is 2. The van der Waals surface area contributed by atoms with Gasteiger partial charge in [-0.05, 0) is 24.6 Å². The van der Waals surface area contributed by atoms with Crippen LogP contribution in [0.15, 0.2) is 29.3 Å². The molecule has 1 rings (SSSR count). The lowest BCUT2D eigenvalue weighted by atomic mass is 10.2. The van der Waals surface area contributed by atoms with E-state index in [1.165, 1.54) is 6.92 Å². The van der Waals surface area contributed by atoms with E-state index in [0.717, 1.165) is 5.56 Å². The predicted molar refractivity (Wildman–Crippen MR) is 84.2 cm³/mol. The molecule has 0 spiro atoms. The Balaban J connectivity index is 2.64. The maximum absolute atomic E-state index is 12.2. The van der Waals surface area contributed by atoms with Crippen molar-refractivity contribution in [3.8, 4) is 0 Å². The number of benzene rings is 1. The van der Waals surface area contributed by atoms with Crippen molar-refractivity contribution in [2.75, 3.05) is 18.4 Å². The van der Waals surface area contributed by atoms with Crippen molar-refractivity contribution in [2.24, 2.45) is 4.99 Å². The Labute approximate surface area is 133 Å². The molecular weight excluding hydrogens is 309 g/mol. The fourth-order valence-electron chi connectivity index (χ4n) is 1.79. The number of hydrogen-bond donors (Lipinski definition) is 3. The van der Waals surface area contributed by atoms with Crippen molar-refractivity contribution in [1.82, 2.24) is 10.6 Å². The topological polar surface area (TPSA) is 65.5 Å². The highest BCUT2D eigenvalue weighted by molar-refractivity contribution is 5.88. The number of carbonyl (C=O) groups excluding carboxylic acids is 1. The largest absolute Gasteiger partial charge is 0.390 e. The second-order valence-corrected chi connectivity index (χ2v) is 4.87. The molecule has 0 aliphatic heterocycles. The van der Waals surface area contributed by atoms with Crippen molar-refractivity contribution in [3.63, 3.8) is 0 Å². The highest BCUT2D eigenvalue weighted by Crippen LogP contribution is 2.18. The van der Waals surface area contributed by atoms with Crippen LogP contribution in [0.2, 0.25) is 0 Å². The van der Waals surface area contributed by atoms with Gasteiger partial charge in [0.05, 0.1) is 13.0 Å². The zero-order chi connectivity index (χ0) is 17.3. The van der Waals surface area contributed by atoms with Gasteiger partial charge in [-0.2, -0.15) is 13.2 Å². The zero-order valence-electron chi connectivity index (χ0n) is 13.1. The Bertz CT molecular complexity index is 544. The number of rotatable bonds is 6. The zero-order valence-corrected chi connectivity index (χ0v) is 13.1. The second kappa shape index (κ2) is 9.02. The molecule has 0 bridgehead atoms. The van der Waals surface area contributed by atoms with E-state index in [-0.39, 0.29) is 19.0 Å². The van der Waals surface area contributed by atoms with Crippen LogP contribution in [0.25, 0.3) is 0 Å². The molecule has 0 aromatic heterocycles. The molecule has 1 aromatic rings. The minimum Gasteiger partial charge on any atom is -0.357 e. The van der Waals surface area contributed by atoms with Gasteiger partial charge in [0, 0.05) is 25.7 Å². The van der Waals surface area contributed by atoms with Gasteiger partial charge in [0.15, 0.2) is 5.96 Å². The monoisotopic (exact) mass is 330 g/mol. The van der Waals surface area contributed by atoms with Crippen LogP contribution in [-0.4, -0.2) is 31.1 Å².